The van der Waals surface area contributed by atoms with E-state index in [1.165, 1.54) is 0 Å². The van der Waals surface area contributed by atoms with E-state index in [0.717, 1.165) is 19.4 Å². The van der Waals surface area contributed by atoms with Gasteiger partial charge in [-0.2, -0.15) is 0 Å². The molecule has 0 aliphatic rings. The smallest absolute Gasteiger partial charge is 0.140 e. The van der Waals surface area contributed by atoms with Crippen molar-refractivity contribution < 1.29 is 52.2 Å². The molecule has 0 saturated carbocycles. The molecule has 0 aromatic carbocycles. The van der Waals surface area contributed by atoms with Crippen molar-refractivity contribution in [3.8, 4) is 0 Å². The van der Waals surface area contributed by atoms with Crippen molar-refractivity contribution in [2.24, 2.45) is 5.41 Å². The largest absolute Gasteiger partial charge is 0.379 e. The standard InChI is InChI=1S/C29H58O11/c1-5-6-8-31-10-12-33-14-16-35-18-20-37-22-24-39-26-27-40-25-23-38-21-19-36-17-15-34-13-11-32-9-7-28(30)29(2,3)4/h5-27H2,1-4H3. The van der Waals surface area contributed by atoms with Gasteiger partial charge in [0, 0.05) is 18.4 Å². The van der Waals surface area contributed by atoms with Crippen molar-refractivity contribution in [2.75, 3.05) is 132 Å². The first-order valence-electron chi connectivity index (χ1n) is 14.8. The van der Waals surface area contributed by atoms with Crippen LogP contribution >= 0.6 is 0 Å². The molecular weight excluding hydrogens is 524 g/mol. The Balaban J connectivity index is 3.08. The maximum absolute atomic E-state index is 11.8. The van der Waals surface area contributed by atoms with E-state index in [1.54, 1.807) is 0 Å². The SMILES string of the molecule is CCCCOCCOCCOCCOCCOCCOCCOCCOCCOCCOCCC(=O)C(C)(C)C. The second-order valence-electron chi connectivity index (χ2n) is 9.90. The van der Waals surface area contributed by atoms with Crippen molar-refractivity contribution in [2.45, 2.75) is 47.0 Å². The molecule has 0 unspecified atom stereocenters. The van der Waals surface area contributed by atoms with Gasteiger partial charge in [-0.25, -0.2) is 0 Å². The molecule has 0 radical (unpaired) electrons. The quantitative estimate of drug-likeness (QED) is 0.107. The average molecular weight is 583 g/mol. The summed E-state index contributed by atoms with van der Waals surface area (Å²) in [7, 11) is 0. The monoisotopic (exact) mass is 582 g/mol. The van der Waals surface area contributed by atoms with Crippen LogP contribution in [0.25, 0.3) is 0 Å². The lowest BCUT2D eigenvalue weighted by Gasteiger charge is -2.16. The van der Waals surface area contributed by atoms with E-state index in [1.807, 2.05) is 20.8 Å². The van der Waals surface area contributed by atoms with Crippen LogP contribution in [0.3, 0.4) is 0 Å². The van der Waals surface area contributed by atoms with Crippen molar-refractivity contribution in [3.05, 3.63) is 0 Å². The Morgan fingerprint density at radius 1 is 0.400 bits per heavy atom. The second-order valence-corrected chi connectivity index (χ2v) is 9.90. The molecule has 240 valence electrons. The summed E-state index contributed by atoms with van der Waals surface area (Å²) in [6.07, 6.45) is 2.68. The van der Waals surface area contributed by atoms with Gasteiger partial charge in [0.15, 0.2) is 0 Å². The number of rotatable bonds is 33. The molecule has 0 N–H and O–H groups in total. The zero-order chi connectivity index (χ0) is 29.4. The number of hydrogen-bond donors (Lipinski definition) is 0. The molecular formula is C29H58O11. The lowest BCUT2D eigenvalue weighted by molar-refractivity contribution is -0.127. The first-order valence-corrected chi connectivity index (χ1v) is 14.8. The van der Waals surface area contributed by atoms with Crippen LogP contribution in [0.1, 0.15) is 47.0 Å². The number of hydrogen-bond acceptors (Lipinski definition) is 11. The minimum atomic E-state index is -0.309. The van der Waals surface area contributed by atoms with E-state index in [4.69, 9.17) is 47.4 Å². The fraction of sp³-hybridized carbons (Fsp3) is 0.966. The molecule has 0 saturated heterocycles. The number of Topliss-reactive ketones (excluding diaryl/α,β-unsaturated/α-hetero) is 1. The number of ketones is 1. The molecule has 0 rings (SSSR count). The summed E-state index contributed by atoms with van der Waals surface area (Å²) in [5.41, 5.74) is -0.309. The van der Waals surface area contributed by atoms with Crippen LogP contribution in [0.2, 0.25) is 0 Å². The van der Waals surface area contributed by atoms with E-state index >= 15 is 0 Å². The minimum absolute atomic E-state index is 0.206. The lowest BCUT2D eigenvalue weighted by Crippen LogP contribution is -2.22. The third-order valence-corrected chi connectivity index (χ3v) is 5.30. The highest BCUT2D eigenvalue weighted by atomic mass is 16.6. The van der Waals surface area contributed by atoms with Gasteiger partial charge in [0.05, 0.1) is 126 Å². The van der Waals surface area contributed by atoms with Crippen LogP contribution in [0, 0.1) is 5.41 Å². The van der Waals surface area contributed by atoms with E-state index in [2.05, 4.69) is 6.92 Å². The van der Waals surface area contributed by atoms with Crippen molar-refractivity contribution in [3.63, 3.8) is 0 Å². The molecule has 0 fully saturated rings. The Morgan fingerprint density at radius 2 is 0.625 bits per heavy atom. The van der Waals surface area contributed by atoms with Crippen LogP contribution in [0.5, 0.6) is 0 Å². The lowest BCUT2D eigenvalue weighted by atomic mass is 9.89. The Morgan fingerprint density at radius 3 is 0.850 bits per heavy atom. The summed E-state index contributed by atoms with van der Waals surface area (Å²) in [6.45, 7) is 18.6. The highest BCUT2D eigenvalue weighted by molar-refractivity contribution is 5.83. The summed E-state index contributed by atoms with van der Waals surface area (Å²) >= 11 is 0. The van der Waals surface area contributed by atoms with E-state index in [9.17, 15) is 4.79 Å². The maximum Gasteiger partial charge on any atom is 0.140 e. The normalized spacial score (nSPS) is 11.9. The number of unbranched alkanes of at least 4 members (excludes halogenated alkanes) is 1. The fourth-order valence-corrected chi connectivity index (χ4v) is 2.87. The summed E-state index contributed by atoms with van der Waals surface area (Å²) in [6, 6.07) is 0. The zero-order valence-electron chi connectivity index (χ0n) is 25.8. The molecule has 0 heterocycles. The van der Waals surface area contributed by atoms with Gasteiger partial charge in [-0.1, -0.05) is 34.1 Å². The predicted octanol–water partition coefficient (Wildman–Crippen LogP) is 2.96. The van der Waals surface area contributed by atoms with Gasteiger partial charge < -0.3 is 47.4 Å². The molecule has 0 aromatic rings. The van der Waals surface area contributed by atoms with Crippen LogP contribution in [-0.2, 0) is 52.2 Å². The molecule has 11 heteroatoms. The van der Waals surface area contributed by atoms with E-state index in [-0.39, 0.29) is 11.2 Å². The Bertz CT molecular complexity index is 515. The zero-order valence-corrected chi connectivity index (χ0v) is 25.8. The Hall–Kier alpha value is -0.730. The topological polar surface area (TPSA) is 109 Å². The summed E-state index contributed by atoms with van der Waals surface area (Å²) in [5.74, 6) is 0.206. The van der Waals surface area contributed by atoms with Crippen molar-refractivity contribution in [1.82, 2.24) is 0 Å². The second kappa shape index (κ2) is 31.2. The Kier molecular flexibility index (Phi) is 30.6. The van der Waals surface area contributed by atoms with Gasteiger partial charge in [0.25, 0.3) is 0 Å². The minimum Gasteiger partial charge on any atom is -0.379 e. The van der Waals surface area contributed by atoms with Crippen LogP contribution in [-0.4, -0.2) is 138 Å². The highest BCUT2D eigenvalue weighted by Crippen LogP contribution is 2.16. The number of carbonyl (C=O) groups excluding carboxylic acids is 1. The molecule has 0 aromatic heterocycles. The average Bonchev–Trinajstić information content (AvgIpc) is 2.93. The van der Waals surface area contributed by atoms with Crippen LogP contribution in [0.15, 0.2) is 0 Å². The van der Waals surface area contributed by atoms with Gasteiger partial charge in [-0.05, 0) is 6.42 Å². The van der Waals surface area contributed by atoms with Gasteiger partial charge in [-0.15, -0.1) is 0 Å². The third-order valence-electron chi connectivity index (χ3n) is 5.30. The molecule has 0 spiro atoms. The van der Waals surface area contributed by atoms with Gasteiger partial charge in [0.2, 0.25) is 0 Å². The first kappa shape index (κ1) is 39.3. The first-order chi connectivity index (χ1) is 19.5. The van der Waals surface area contributed by atoms with Crippen molar-refractivity contribution >= 4 is 5.78 Å². The molecule has 0 bridgehead atoms. The molecule has 0 aliphatic carbocycles. The van der Waals surface area contributed by atoms with E-state index < -0.39 is 0 Å². The molecule has 40 heavy (non-hydrogen) atoms. The Labute approximate surface area is 242 Å². The van der Waals surface area contributed by atoms with E-state index in [0.29, 0.717) is 132 Å². The van der Waals surface area contributed by atoms with Crippen molar-refractivity contribution in [1.29, 1.82) is 0 Å². The van der Waals surface area contributed by atoms with Gasteiger partial charge >= 0.3 is 0 Å². The maximum atomic E-state index is 11.8. The molecule has 0 atom stereocenters. The predicted molar refractivity (Wildman–Crippen MR) is 152 cm³/mol. The number of ether oxygens (including phenoxy) is 10. The summed E-state index contributed by atoms with van der Waals surface area (Å²) in [4.78, 5) is 11.8. The summed E-state index contributed by atoms with van der Waals surface area (Å²) in [5, 5.41) is 0. The summed E-state index contributed by atoms with van der Waals surface area (Å²) < 4.78 is 54.4. The van der Waals surface area contributed by atoms with Crippen LogP contribution in [0.4, 0.5) is 0 Å². The third kappa shape index (κ3) is 31.8. The molecule has 11 nitrogen and oxygen atoms in total. The highest BCUT2D eigenvalue weighted by Gasteiger charge is 2.20. The molecule has 0 aliphatic heterocycles. The van der Waals surface area contributed by atoms with Gasteiger partial charge in [0.1, 0.15) is 5.78 Å². The fourth-order valence-electron chi connectivity index (χ4n) is 2.87. The van der Waals surface area contributed by atoms with Crippen LogP contribution < -0.4 is 0 Å². The van der Waals surface area contributed by atoms with Gasteiger partial charge in [-0.3, -0.25) is 4.79 Å². The molecule has 0 amide bonds. The number of carbonyl (C=O) groups is 1.